The van der Waals surface area contributed by atoms with Crippen molar-refractivity contribution in [2.24, 2.45) is 5.73 Å². The van der Waals surface area contributed by atoms with Crippen molar-refractivity contribution in [2.45, 2.75) is 56.4 Å². The Labute approximate surface area is 254 Å². The maximum atomic E-state index is 14.9. The number of alkyl halides is 6. The smallest absolute Gasteiger partial charge is 0.290 e. The molecule has 0 aliphatic heterocycles. The Morgan fingerprint density at radius 2 is 1.61 bits per heavy atom. The first-order valence-electron chi connectivity index (χ1n) is 13.6. The third-order valence-electron chi connectivity index (χ3n) is 7.53. The predicted molar refractivity (Wildman–Crippen MR) is 143 cm³/mol. The number of rotatable bonds is 10. The molecule has 2 aromatic heterocycles. The van der Waals surface area contributed by atoms with Gasteiger partial charge in [0.1, 0.15) is 41.7 Å². The Morgan fingerprint density at radius 3 is 2.26 bits per heavy atom. The molecule has 4 aromatic rings. The van der Waals surface area contributed by atoms with Crippen LogP contribution in [0.15, 0.2) is 48.9 Å². The molecule has 1 aliphatic carbocycles. The number of hydrogen-bond donors (Lipinski definition) is 1. The van der Waals surface area contributed by atoms with Gasteiger partial charge in [-0.25, -0.2) is 40.7 Å². The second-order valence-electron chi connectivity index (χ2n) is 10.8. The largest absolute Gasteiger partial charge is 0.366 e. The van der Waals surface area contributed by atoms with Gasteiger partial charge in [-0.15, -0.1) is 0 Å². The number of hydrogen-bond acceptors (Lipinski definition) is 5. The van der Waals surface area contributed by atoms with Crippen LogP contribution in [0.4, 0.5) is 39.5 Å². The summed E-state index contributed by atoms with van der Waals surface area (Å²) in [5, 5.41) is 3.29. The third kappa shape index (κ3) is 6.46. The highest BCUT2D eigenvalue weighted by atomic mass is 19.3. The van der Waals surface area contributed by atoms with Gasteiger partial charge in [0.25, 0.3) is 24.2 Å². The number of nitrogens with two attached hydrogens (primary N) is 1. The number of halogens is 9. The zero-order valence-electron chi connectivity index (χ0n) is 23.4. The van der Waals surface area contributed by atoms with Crippen LogP contribution in [-0.2, 0) is 29.6 Å². The fourth-order valence-electron chi connectivity index (χ4n) is 5.59. The first-order chi connectivity index (χ1) is 21.6. The van der Waals surface area contributed by atoms with Crippen molar-refractivity contribution in [3.8, 4) is 11.1 Å². The summed E-state index contributed by atoms with van der Waals surface area (Å²) in [6, 6.07) is 5.80. The normalized spacial score (nSPS) is 15.9. The number of Topliss-reactive ketones (excluding diaryl/α,β-unsaturated/α-hetero) is 1. The highest BCUT2D eigenvalue weighted by Crippen LogP contribution is 2.52. The van der Waals surface area contributed by atoms with Gasteiger partial charge in [-0.1, -0.05) is 6.07 Å². The minimum absolute atomic E-state index is 0.0272. The van der Waals surface area contributed by atoms with E-state index in [1.807, 2.05) is 0 Å². The van der Waals surface area contributed by atoms with Crippen LogP contribution in [0.1, 0.15) is 70.2 Å². The highest BCUT2D eigenvalue weighted by molar-refractivity contribution is 5.94. The molecule has 0 spiro atoms. The summed E-state index contributed by atoms with van der Waals surface area (Å²) in [6.45, 7) is -1.13. The van der Waals surface area contributed by atoms with E-state index in [-0.39, 0.29) is 33.5 Å². The maximum Gasteiger partial charge on any atom is 0.290 e. The van der Waals surface area contributed by atoms with Crippen LogP contribution in [0.3, 0.4) is 0 Å². The summed E-state index contributed by atoms with van der Waals surface area (Å²) in [4.78, 5) is 33.3. The molecule has 0 bridgehead atoms. The van der Waals surface area contributed by atoms with E-state index >= 15 is 0 Å². The van der Waals surface area contributed by atoms with E-state index in [1.54, 1.807) is 0 Å². The molecule has 1 aliphatic rings. The number of carbonyl (C=O) groups excluding carboxylic acids is 2. The Bertz CT molecular complexity index is 1810. The van der Waals surface area contributed by atoms with Crippen LogP contribution in [0.25, 0.3) is 11.1 Å². The number of benzene rings is 2. The topological polar surface area (TPSA) is 104 Å². The molecule has 0 saturated carbocycles. The molecule has 2 N–H and O–H groups in total. The third-order valence-corrected chi connectivity index (χ3v) is 7.53. The van der Waals surface area contributed by atoms with Crippen molar-refractivity contribution >= 4 is 11.7 Å². The molecule has 0 fully saturated rings. The fraction of sp³-hybridized carbons (Fsp3) is 0.300. The minimum Gasteiger partial charge on any atom is -0.366 e. The van der Waals surface area contributed by atoms with Gasteiger partial charge < -0.3 is 5.73 Å². The van der Waals surface area contributed by atoms with E-state index in [9.17, 15) is 49.1 Å². The first kappa shape index (κ1) is 32.6. The highest BCUT2D eigenvalue weighted by Gasteiger charge is 2.55. The molecule has 0 unspecified atom stereocenters. The van der Waals surface area contributed by atoms with Crippen molar-refractivity contribution in [1.29, 1.82) is 0 Å². The number of carbonyl (C=O) groups is 2. The summed E-state index contributed by atoms with van der Waals surface area (Å²) < 4.78 is 129. The van der Waals surface area contributed by atoms with Crippen molar-refractivity contribution in [3.05, 3.63) is 100 Å². The molecule has 242 valence electrons. The lowest BCUT2D eigenvalue weighted by molar-refractivity contribution is -0.121. The van der Waals surface area contributed by atoms with Crippen LogP contribution in [0.2, 0.25) is 0 Å². The van der Waals surface area contributed by atoms with Gasteiger partial charge >= 0.3 is 0 Å². The van der Waals surface area contributed by atoms with E-state index in [2.05, 4.69) is 15.1 Å². The Hall–Kier alpha value is -4.76. The van der Waals surface area contributed by atoms with Crippen LogP contribution >= 0.6 is 0 Å². The first-order valence-corrected chi connectivity index (χ1v) is 13.6. The molecule has 0 saturated heterocycles. The van der Waals surface area contributed by atoms with Crippen LogP contribution in [0, 0.1) is 17.5 Å². The Kier molecular flexibility index (Phi) is 8.66. The Balaban J connectivity index is 1.57. The summed E-state index contributed by atoms with van der Waals surface area (Å²) in [6.07, 6.45) is -5.08. The molecule has 1 amide bonds. The number of amides is 1. The molecule has 0 radical (unpaired) electrons. The average Bonchev–Trinajstić information content (AvgIpc) is 3.37. The van der Waals surface area contributed by atoms with Gasteiger partial charge in [-0.3, -0.25) is 14.3 Å². The van der Waals surface area contributed by atoms with Crippen LogP contribution in [-0.4, -0.2) is 31.4 Å². The van der Waals surface area contributed by atoms with Crippen molar-refractivity contribution < 1.29 is 49.1 Å². The predicted octanol–water partition coefficient (Wildman–Crippen LogP) is 6.76. The van der Waals surface area contributed by atoms with Crippen LogP contribution < -0.4 is 5.73 Å². The SMILES string of the molecule is NC(=O)c1cc(-c2cncnc2[C@@H](CC(=O)Cn2nc(C(F)F)c3c2C(F)(F)CCC3(F)F)Cc2cc(F)cc(F)c2)ccc1F. The van der Waals surface area contributed by atoms with E-state index in [4.69, 9.17) is 5.73 Å². The van der Waals surface area contributed by atoms with Gasteiger partial charge in [-0.2, -0.15) is 13.9 Å². The fourth-order valence-corrected chi connectivity index (χ4v) is 5.59. The van der Waals surface area contributed by atoms with Crippen LogP contribution in [0.5, 0.6) is 0 Å². The lowest BCUT2D eigenvalue weighted by Crippen LogP contribution is -2.33. The van der Waals surface area contributed by atoms with Gasteiger partial charge in [0.15, 0.2) is 5.78 Å². The molecular formula is C30H22F9N5O2. The van der Waals surface area contributed by atoms with Crippen molar-refractivity contribution in [1.82, 2.24) is 19.7 Å². The summed E-state index contributed by atoms with van der Waals surface area (Å²) in [5.41, 5.74) is 0.397. The molecule has 1 atom stereocenters. The van der Waals surface area contributed by atoms with Crippen molar-refractivity contribution in [3.63, 3.8) is 0 Å². The van der Waals surface area contributed by atoms with Gasteiger partial charge in [0, 0.05) is 43.0 Å². The second-order valence-corrected chi connectivity index (χ2v) is 10.8. The van der Waals surface area contributed by atoms with E-state index in [1.165, 1.54) is 12.3 Å². The number of nitrogens with zero attached hydrogens (tertiary/aromatic N) is 4. The van der Waals surface area contributed by atoms with Gasteiger partial charge in [0.2, 0.25) is 0 Å². The second kappa shape index (κ2) is 12.2. The summed E-state index contributed by atoms with van der Waals surface area (Å²) in [5.74, 6) is -14.1. The van der Waals surface area contributed by atoms with E-state index in [0.717, 1.165) is 30.6 Å². The Morgan fingerprint density at radius 1 is 0.935 bits per heavy atom. The zero-order valence-corrected chi connectivity index (χ0v) is 23.4. The average molecular weight is 656 g/mol. The molecule has 2 aromatic carbocycles. The molecule has 16 heteroatoms. The number of aromatic nitrogens is 4. The molecule has 46 heavy (non-hydrogen) atoms. The standard InChI is InChI=1S/C30H22F9N5O2/c31-17-6-14(7-18(32)10-17)5-16(24-21(11-41-13-42-24)15-1-2-22(33)20(9-15)28(40)46)8-19(45)12-44-26-23(25(43-44)27(34)35)29(36,37)3-4-30(26,38)39/h1-2,6-7,9-11,13,16,27H,3-5,8,12H2,(H2,40,46)/t16-/m1/s1. The van der Waals surface area contributed by atoms with Gasteiger partial charge in [-0.05, 0) is 41.8 Å². The summed E-state index contributed by atoms with van der Waals surface area (Å²) >= 11 is 0. The lowest BCUT2D eigenvalue weighted by Gasteiger charge is -2.29. The lowest BCUT2D eigenvalue weighted by atomic mass is 9.87. The minimum atomic E-state index is -4.05. The zero-order chi connectivity index (χ0) is 33.6. The molecule has 2 heterocycles. The van der Waals surface area contributed by atoms with E-state index < -0.39 is 102 Å². The molecule has 7 nitrogen and oxygen atoms in total. The van der Waals surface area contributed by atoms with E-state index in [0.29, 0.717) is 6.07 Å². The number of primary amides is 1. The number of ketones is 1. The molecular weight excluding hydrogens is 633 g/mol. The monoisotopic (exact) mass is 655 g/mol. The quantitative estimate of drug-likeness (QED) is 0.190. The summed E-state index contributed by atoms with van der Waals surface area (Å²) in [7, 11) is 0. The van der Waals surface area contributed by atoms with Crippen molar-refractivity contribution in [2.75, 3.05) is 0 Å². The number of fused-ring (bicyclic) bond motifs is 1. The molecule has 5 rings (SSSR count). The maximum absolute atomic E-state index is 14.9. The van der Waals surface area contributed by atoms with Gasteiger partial charge in [0.05, 0.1) is 16.8 Å².